The van der Waals surface area contributed by atoms with Gasteiger partial charge in [0.25, 0.3) is 0 Å². The minimum absolute atomic E-state index is 0.00892. The van der Waals surface area contributed by atoms with Crippen molar-refractivity contribution in [2.75, 3.05) is 14.2 Å². The highest BCUT2D eigenvalue weighted by Crippen LogP contribution is 2.40. The number of hydrogen-bond acceptors (Lipinski definition) is 4. The number of Topliss-reactive ketones (excluding diaryl/α,β-unsaturated/α-hetero) is 1. The molecule has 4 nitrogen and oxygen atoms in total. The molecular weight excluding hydrogens is 268 g/mol. The van der Waals surface area contributed by atoms with Crippen molar-refractivity contribution in [3.05, 3.63) is 53.1 Å². The van der Waals surface area contributed by atoms with Crippen LogP contribution in [0.4, 0.5) is 0 Å². The van der Waals surface area contributed by atoms with Gasteiger partial charge in [0, 0.05) is 6.07 Å². The van der Waals surface area contributed by atoms with E-state index in [1.165, 1.54) is 6.07 Å². The van der Waals surface area contributed by atoms with Crippen LogP contribution in [0.1, 0.15) is 27.4 Å². The van der Waals surface area contributed by atoms with Gasteiger partial charge in [-0.3, -0.25) is 4.79 Å². The summed E-state index contributed by atoms with van der Waals surface area (Å²) in [6, 6.07) is 10.8. The lowest BCUT2D eigenvalue weighted by Gasteiger charge is -2.09. The van der Waals surface area contributed by atoms with E-state index >= 15 is 0 Å². The van der Waals surface area contributed by atoms with Crippen LogP contribution in [-0.4, -0.2) is 25.1 Å². The van der Waals surface area contributed by atoms with E-state index in [9.17, 15) is 9.90 Å². The third-order valence-electron chi connectivity index (χ3n) is 3.91. The van der Waals surface area contributed by atoms with Crippen molar-refractivity contribution in [2.24, 2.45) is 0 Å². The highest BCUT2D eigenvalue weighted by molar-refractivity contribution is 6.07. The summed E-state index contributed by atoms with van der Waals surface area (Å²) in [4.78, 5) is 12.5. The molecule has 0 saturated heterocycles. The van der Waals surface area contributed by atoms with Gasteiger partial charge in [-0.1, -0.05) is 12.1 Å². The number of phenols is 1. The standard InChI is InChI=1S/C17H16O4/c1-20-12-5-3-10(4-6-12)14-8-11-7-13(21-2)9-15(18)16(11)17(14)19/h3-7,9,14,18H,8H2,1-2H3. The van der Waals surface area contributed by atoms with E-state index in [1.807, 2.05) is 30.3 Å². The molecule has 0 saturated carbocycles. The molecule has 0 aliphatic heterocycles. The third-order valence-corrected chi connectivity index (χ3v) is 3.91. The fourth-order valence-electron chi connectivity index (χ4n) is 2.81. The molecule has 1 aliphatic rings. The second-order valence-electron chi connectivity index (χ2n) is 5.07. The summed E-state index contributed by atoms with van der Waals surface area (Å²) in [5, 5.41) is 10.0. The Morgan fingerprint density at radius 1 is 1.05 bits per heavy atom. The Labute approximate surface area is 122 Å². The molecule has 0 heterocycles. The van der Waals surface area contributed by atoms with E-state index in [0.29, 0.717) is 17.7 Å². The van der Waals surface area contributed by atoms with E-state index in [1.54, 1.807) is 14.2 Å². The summed E-state index contributed by atoms with van der Waals surface area (Å²) in [5.41, 5.74) is 2.17. The molecule has 21 heavy (non-hydrogen) atoms. The Bertz CT molecular complexity index is 689. The predicted octanol–water partition coefficient (Wildman–Crippen LogP) is 2.93. The lowest BCUT2D eigenvalue weighted by Crippen LogP contribution is -2.06. The van der Waals surface area contributed by atoms with E-state index in [2.05, 4.69) is 0 Å². The van der Waals surface area contributed by atoms with Gasteiger partial charge in [-0.2, -0.15) is 0 Å². The summed E-state index contributed by atoms with van der Waals surface area (Å²) in [6.45, 7) is 0. The number of carbonyl (C=O) groups is 1. The molecule has 2 aromatic carbocycles. The Balaban J connectivity index is 1.97. The molecule has 108 valence electrons. The first-order valence-corrected chi connectivity index (χ1v) is 6.72. The second-order valence-corrected chi connectivity index (χ2v) is 5.07. The summed E-state index contributed by atoms with van der Waals surface area (Å²) >= 11 is 0. The molecule has 1 N–H and O–H groups in total. The number of phenolic OH excluding ortho intramolecular Hbond substituents is 1. The molecule has 0 spiro atoms. The lowest BCUT2D eigenvalue weighted by molar-refractivity contribution is 0.0970. The van der Waals surface area contributed by atoms with Gasteiger partial charge in [0.05, 0.1) is 25.7 Å². The number of aromatic hydroxyl groups is 1. The number of benzene rings is 2. The lowest BCUT2D eigenvalue weighted by atomic mass is 9.95. The Morgan fingerprint density at radius 3 is 2.33 bits per heavy atom. The summed E-state index contributed by atoms with van der Waals surface area (Å²) < 4.78 is 10.3. The van der Waals surface area contributed by atoms with Gasteiger partial charge in [0.2, 0.25) is 0 Å². The highest BCUT2D eigenvalue weighted by Gasteiger charge is 2.34. The minimum Gasteiger partial charge on any atom is -0.507 e. The number of ether oxygens (including phenoxy) is 2. The van der Waals surface area contributed by atoms with E-state index in [0.717, 1.165) is 16.9 Å². The molecular formula is C17H16O4. The van der Waals surface area contributed by atoms with Crippen molar-refractivity contribution >= 4 is 5.78 Å². The van der Waals surface area contributed by atoms with Crippen LogP contribution in [0.25, 0.3) is 0 Å². The van der Waals surface area contributed by atoms with Crippen LogP contribution in [0, 0.1) is 0 Å². The van der Waals surface area contributed by atoms with E-state index < -0.39 is 0 Å². The van der Waals surface area contributed by atoms with Gasteiger partial charge in [0.1, 0.15) is 17.2 Å². The van der Waals surface area contributed by atoms with Gasteiger partial charge in [-0.15, -0.1) is 0 Å². The highest BCUT2D eigenvalue weighted by atomic mass is 16.5. The maximum Gasteiger partial charge on any atom is 0.174 e. The van der Waals surface area contributed by atoms with Crippen molar-refractivity contribution in [1.29, 1.82) is 0 Å². The van der Waals surface area contributed by atoms with Gasteiger partial charge in [0.15, 0.2) is 5.78 Å². The van der Waals surface area contributed by atoms with Crippen molar-refractivity contribution in [1.82, 2.24) is 0 Å². The number of ketones is 1. The smallest absolute Gasteiger partial charge is 0.174 e. The fourth-order valence-corrected chi connectivity index (χ4v) is 2.81. The second kappa shape index (κ2) is 5.13. The first kappa shape index (κ1) is 13.5. The van der Waals surface area contributed by atoms with Gasteiger partial charge >= 0.3 is 0 Å². The van der Waals surface area contributed by atoms with Crippen LogP contribution in [0.15, 0.2) is 36.4 Å². The fraction of sp³-hybridized carbons (Fsp3) is 0.235. The van der Waals surface area contributed by atoms with Crippen LogP contribution < -0.4 is 9.47 Å². The number of carbonyl (C=O) groups excluding carboxylic acids is 1. The summed E-state index contributed by atoms with van der Waals surface area (Å²) in [7, 11) is 3.15. The van der Waals surface area contributed by atoms with Gasteiger partial charge < -0.3 is 14.6 Å². The molecule has 2 aromatic rings. The quantitative estimate of drug-likeness (QED) is 0.941. The average Bonchev–Trinajstić information content (AvgIpc) is 2.84. The Kier molecular flexibility index (Phi) is 3.29. The maximum atomic E-state index is 12.5. The van der Waals surface area contributed by atoms with Crippen LogP contribution >= 0.6 is 0 Å². The van der Waals surface area contributed by atoms with Crippen LogP contribution in [0.2, 0.25) is 0 Å². The molecule has 1 unspecified atom stereocenters. The molecule has 0 fully saturated rings. The topological polar surface area (TPSA) is 55.8 Å². The number of fused-ring (bicyclic) bond motifs is 1. The third kappa shape index (κ3) is 2.23. The normalized spacial score (nSPS) is 16.7. The Morgan fingerprint density at radius 2 is 1.71 bits per heavy atom. The van der Waals surface area contributed by atoms with Crippen molar-refractivity contribution in [3.8, 4) is 17.2 Å². The van der Waals surface area contributed by atoms with Gasteiger partial charge in [-0.25, -0.2) is 0 Å². The van der Waals surface area contributed by atoms with Crippen molar-refractivity contribution < 1.29 is 19.4 Å². The minimum atomic E-state index is -0.260. The van der Waals surface area contributed by atoms with Crippen LogP contribution in [0.3, 0.4) is 0 Å². The Hall–Kier alpha value is -2.49. The largest absolute Gasteiger partial charge is 0.507 e. The maximum absolute atomic E-state index is 12.5. The molecule has 0 radical (unpaired) electrons. The molecule has 1 atom stereocenters. The summed E-state index contributed by atoms with van der Waals surface area (Å²) in [5.74, 6) is 1.00. The zero-order valence-corrected chi connectivity index (χ0v) is 11.9. The number of rotatable bonds is 3. The SMILES string of the molecule is COc1ccc(C2Cc3cc(OC)cc(O)c3C2=O)cc1. The van der Waals surface area contributed by atoms with Crippen LogP contribution in [-0.2, 0) is 6.42 Å². The number of methoxy groups -OCH3 is 2. The van der Waals surface area contributed by atoms with Crippen molar-refractivity contribution in [3.63, 3.8) is 0 Å². The average molecular weight is 284 g/mol. The van der Waals surface area contributed by atoms with E-state index in [-0.39, 0.29) is 17.5 Å². The molecule has 0 aromatic heterocycles. The van der Waals surface area contributed by atoms with Crippen molar-refractivity contribution in [2.45, 2.75) is 12.3 Å². The first-order chi connectivity index (χ1) is 10.1. The molecule has 0 bridgehead atoms. The molecule has 0 amide bonds. The van der Waals surface area contributed by atoms with Gasteiger partial charge in [-0.05, 0) is 35.7 Å². The number of hydrogen-bond donors (Lipinski definition) is 1. The first-order valence-electron chi connectivity index (χ1n) is 6.72. The molecule has 4 heteroatoms. The van der Waals surface area contributed by atoms with Crippen LogP contribution in [0.5, 0.6) is 17.2 Å². The monoisotopic (exact) mass is 284 g/mol. The summed E-state index contributed by atoms with van der Waals surface area (Å²) in [6.07, 6.45) is 0.575. The van der Waals surface area contributed by atoms with E-state index in [4.69, 9.17) is 9.47 Å². The molecule has 3 rings (SSSR count). The molecule has 1 aliphatic carbocycles. The predicted molar refractivity (Wildman–Crippen MR) is 78.4 cm³/mol. The zero-order chi connectivity index (χ0) is 15.0. The zero-order valence-electron chi connectivity index (χ0n) is 11.9.